The third-order valence-electron chi connectivity index (χ3n) is 6.15. The van der Waals surface area contributed by atoms with Crippen LogP contribution >= 0.6 is 0 Å². The zero-order valence-electron chi connectivity index (χ0n) is 19.3. The first-order valence-corrected chi connectivity index (χ1v) is 11.7. The van der Waals surface area contributed by atoms with Crippen molar-refractivity contribution in [1.29, 1.82) is 0 Å². The molecular weight excluding hydrogens is 444 g/mol. The standard InChI is InChI=1S/C28H28N2O5/c31-26(32)15-14-25(27(33)29-17-16-19-8-2-1-3-9-19)30-28(34)35-18-24-22-12-6-4-10-20(22)21-11-5-7-13-23(21)24/h1-13,24-25H,14-18H2,(H,29,33)(H,30,34)(H,31,32)/t25-/m0/s1. The molecule has 4 rings (SSSR count). The first-order chi connectivity index (χ1) is 17.0. The highest BCUT2D eigenvalue weighted by molar-refractivity contribution is 5.86. The summed E-state index contributed by atoms with van der Waals surface area (Å²) >= 11 is 0. The van der Waals surface area contributed by atoms with E-state index in [4.69, 9.17) is 9.84 Å². The van der Waals surface area contributed by atoms with Gasteiger partial charge in [-0.2, -0.15) is 0 Å². The summed E-state index contributed by atoms with van der Waals surface area (Å²) in [5.74, 6) is -1.58. The number of rotatable bonds is 10. The first kappa shape index (κ1) is 24.0. The first-order valence-electron chi connectivity index (χ1n) is 11.7. The second-order valence-electron chi connectivity index (χ2n) is 8.48. The number of hydrogen-bond acceptors (Lipinski definition) is 4. The summed E-state index contributed by atoms with van der Waals surface area (Å²) in [5, 5.41) is 14.4. The third-order valence-corrected chi connectivity index (χ3v) is 6.15. The highest BCUT2D eigenvalue weighted by atomic mass is 16.5. The van der Waals surface area contributed by atoms with Gasteiger partial charge in [0.05, 0.1) is 0 Å². The van der Waals surface area contributed by atoms with Crippen molar-refractivity contribution in [3.8, 4) is 11.1 Å². The number of nitrogens with one attached hydrogen (secondary N) is 2. The molecule has 0 saturated carbocycles. The molecule has 0 aromatic heterocycles. The predicted octanol–water partition coefficient (Wildman–Crippen LogP) is 4.12. The number of carbonyl (C=O) groups excluding carboxylic acids is 2. The van der Waals surface area contributed by atoms with Crippen LogP contribution < -0.4 is 10.6 Å². The van der Waals surface area contributed by atoms with Gasteiger partial charge in [-0.15, -0.1) is 0 Å². The van der Waals surface area contributed by atoms with E-state index in [0.717, 1.165) is 27.8 Å². The van der Waals surface area contributed by atoms with Gasteiger partial charge in [-0.3, -0.25) is 9.59 Å². The lowest BCUT2D eigenvalue weighted by Crippen LogP contribution is -2.47. The van der Waals surface area contributed by atoms with Crippen molar-refractivity contribution in [3.63, 3.8) is 0 Å². The Morgan fingerprint density at radius 1 is 0.857 bits per heavy atom. The monoisotopic (exact) mass is 472 g/mol. The molecular formula is C28H28N2O5. The average Bonchev–Trinajstić information content (AvgIpc) is 3.19. The molecule has 1 aliphatic rings. The minimum absolute atomic E-state index is 0.0311. The van der Waals surface area contributed by atoms with Gasteiger partial charge in [-0.1, -0.05) is 78.9 Å². The molecule has 0 bridgehead atoms. The van der Waals surface area contributed by atoms with Crippen molar-refractivity contribution >= 4 is 18.0 Å². The van der Waals surface area contributed by atoms with E-state index in [9.17, 15) is 14.4 Å². The minimum Gasteiger partial charge on any atom is -0.481 e. The summed E-state index contributed by atoms with van der Waals surface area (Å²) in [5.41, 5.74) is 5.48. The molecule has 3 N–H and O–H groups in total. The molecule has 3 aromatic carbocycles. The van der Waals surface area contributed by atoms with E-state index in [1.165, 1.54) is 0 Å². The van der Waals surface area contributed by atoms with E-state index in [2.05, 4.69) is 22.8 Å². The summed E-state index contributed by atoms with van der Waals surface area (Å²) in [6.45, 7) is 0.486. The number of amides is 2. The van der Waals surface area contributed by atoms with Crippen LogP contribution in [0.2, 0.25) is 0 Å². The lowest BCUT2D eigenvalue weighted by molar-refractivity contribution is -0.137. The zero-order valence-corrected chi connectivity index (χ0v) is 19.3. The van der Waals surface area contributed by atoms with E-state index in [-0.39, 0.29) is 25.4 Å². The molecule has 0 spiro atoms. The molecule has 3 aromatic rings. The van der Waals surface area contributed by atoms with Crippen molar-refractivity contribution in [2.75, 3.05) is 13.2 Å². The van der Waals surface area contributed by atoms with Crippen LogP contribution in [-0.2, 0) is 20.7 Å². The van der Waals surface area contributed by atoms with Gasteiger partial charge in [0, 0.05) is 18.9 Å². The summed E-state index contributed by atoms with van der Waals surface area (Å²) in [6, 6.07) is 24.7. The van der Waals surface area contributed by atoms with E-state index in [1.54, 1.807) is 0 Å². The van der Waals surface area contributed by atoms with Crippen LogP contribution in [0.4, 0.5) is 4.79 Å². The summed E-state index contributed by atoms with van der Waals surface area (Å²) < 4.78 is 5.52. The largest absolute Gasteiger partial charge is 0.481 e. The molecule has 180 valence electrons. The Balaban J connectivity index is 1.35. The summed E-state index contributed by atoms with van der Waals surface area (Å²) in [4.78, 5) is 36.4. The smallest absolute Gasteiger partial charge is 0.407 e. The van der Waals surface area contributed by atoms with Crippen molar-refractivity contribution in [2.45, 2.75) is 31.2 Å². The Labute approximate surface area is 204 Å². The predicted molar refractivity (Wildman–Crippen MR) is 132 cm³/mol. The van der Waals surface area contributed by atoms with E-state index in [1.807, 2.05) is 66.7 Å². The Bertz CT molecular complexity index is 1150. The highest BCUT2D eigenvalue weighted by Crippen LogP contribution is 2.44. The summed E-state index contributed by atoms with van der Waals surface area (Å²) in [6.07, 6.45) is -0.402. The van der Waals surface area contributed by atoms with Crippen LogP contribution in [0.15, 0.2) is 78.9 Å². The van der Waals surface area contributed by atoms with Gasteiger partial charge in [0.2, 0.25) is 5.91 Å². The second kappa shape index (κ2) is 11.3. The highest BCUT2D eigenvalue weighted by Gasteiger charge is 2.29. The van der Waals surface area contributed by atoms with Crippen LogP contribution in [0, 0.1) is 0 Å². The molecule has 0 unspecified atom stereocenters. The number of carboxylic acids is 1. The van der Waals surface area contributed by atoms with Crippen molar-refractivity contribution in [2.24, 2.45) is 0 Å². The van der Waals surface area contributed by atoms with Gasteiger partial charge < -0.3 is 20.5 Å². The van der Waals surface area contributed by atoms with Crippen LogP contribution in [0.25, 0.3) is 11.1 Å². The van der Waals surface area contributed by atoms with Crippen LogP contribution in [0.5, 0.6) is 0 Å². The third kappa shape index (κ3) is 6.06. The Morgan fingerprint density at radius 3 is 2.09 bits per heavy atom. The SMILES string of the molecule is O=C(O)CC[C@H](NC(=O)OCC1c2ccccc2-c2ccccc21)C(=O)NCCc1ccccc1. The van der Waals surface area contributed by atoms with Gasteiger partial charge in [0.1, 0.15) is 12.6 Å². The van der Waals surface area contributed by atoms with E-state index < -0.39 is 24.0 Å². The lowest BCUT2D eigenvalue weighted by Gasteiger charge is -2.19. The fraction of sp³-hybridized carbons (Fsp3) is 0.250. The Hall–Kier alpha value is -4.13. The van der Waals surface area contributed by atoms with Gasteiger partial charge in [-0.05, 0) is 40.7 Å². The number of ether oxygens (including phenoxy) is 1. The maximum atomic E-state index is 12.7. The Kier molecular flexibility index (Phi) is 7.77. The van der Waals surface area contributed by atoms with E-state index in [0.29, 0.717) is 13.0 Å². The molecule has 1 atom stereocenters. The number of alkyl carbamates (subject to hydrolysis) is 1. The summed E-state index contributed by atoms with van der Waals surface area (Å²) in [7, 11) is 0. The molecule has 0 radical (unpaired) electrons. The number of carbonyl (C=O) groups is 3. The Morgan fingerprint density at radius 2 is 1.46 bits per heavy atom. The van der Waals surface area contributed by atoms with E-state index >= 15 is 0 Å². The number of carboxylic acid groups (broad SMARTS) is 1. The molecule has 35 heavy (non-hydrogen) atoms. The lowest BCUT2D eigenvalue weighted by atomic mass is 9.98. The van der Waals surface area contributed by atoms with Gasteiger partial charge in [-0.25, -0.2) is 4.79 Å². The van der Waals surface area contributed by atoms with Crippen LogP contribution in [0.3, 0.4) is 0 Å². The second-order valence-corrected chi connectivity index (χ2v) is 8.48. The van der Waals surface area contributed by atoms with Crippen LogP contribution in [-0.4, -0.2) is 42.3 Å². The quantitative estimate of drug-likeness (QED) is 0.412. The van der Waals surface area contributed by atoms with Crippen molar-refractivity contribution < 1.29 is 24.2 Å². The van der Waals surface area contributed by atoms with Gasteiger partial charge >= 0.3 is 12.1 Å². The number of hydrogen-bond donors (Lipinski definition) is 3. The van der Waals surface area contributed by atoms with Crippen molar-refractivity contribution in [3.05, 3.63) is 95.6 Å². The normalized spacial score (nSPS) is 12.8. The molecule has 7 nitrogen and oxygen atoms in total. The van der Waals surface area contributed by atoms with Gasteiger partial charge in [0.25, 0.3) is 0 Å². The fourth-order valence-electron chi connectivity index (χ4n) is 4.42. The fourth-order valence-corrected chi connectivity index (χ4v) is 4.42. The molecule has 0 heterocycles. The number of benzene rings is 3. The van der Waals surface area contributed by atoms with Gasteiger partial charge in [0.15, 0.2) is 0 Å². The number of aliphatic carboxylic acids is 1. The molecule has 1 aliphatic carbocycles. The molecule has 0 fully saturated rings. The maximum absolute atomic E-state index is 12.7. The average molecular weight is 473 g/mol. The van der Waals surface area contributed by atoms with Crippen molar-refractivity contribution in [1.82, 2.24) is 10.6 Å². The number of fused-ring (bicyclic) bond motifs is 3. The molecule has 0 aliphatic heterocycles. The minimum atomic E-state index is -1.04. The zero-order chi connectivity index (χ0) is 24.6. The molecule has 7 heteroatoms. The van der Waals surface area contributed by atoms with Crippen LogP contribution in [0.1, 0.15) is 35.4 Å². The maximum Gasteiger partial charge on any atom is 0.407 e. The molecule has 0 saturated heterocycles. The topological polar surface area (TPSA) is 105 Å². The molecule has 2 amide bonds.